The molecule has 0 spiro atoms. The Balaban J connectivity index is 2.86. The number of aliphatic carboxylic acids is 1. The Bertz CT molecular complexity index is 373. The highest BCUT2D eigenvalue weighted by Crippen LogP contribution is 2.31. The largest absolute Gasteiger partial charge is 0.479 e. The number of carbonyl (C=O) groups is 2. The Morgan fingerprint density at radius 2 is 1.89 bits per heavy atom. The number of nitrogens with zero attached hydrogens (tertiary/aromatic N) is 1. The van der Waals surface area contributed by atoms with Crippen molar-refractivity contribution in [2.75, 3.05) is 6.54 Å². The number of carboxylic acids is 1. The molecule has 0 aromatic carbocycles. The summed E-state index contributed by atoms with van der Waals surface area (Å²) in [5, 5.41) is 10.3. The molecular formula is C11H17F3N2O3. The van der Waals surface area contributed by atoms with Gasteiger partial charge in [0.2, 0.25) is 5.54 Å². The summed E-state index contributed by atoms with van der Waals surface area (Å²) in [7, 11) is 0. The average molecular weight is 282 g/mol. The topological polar surface area (TPSA) is 69.6 Å². The Morgan fingerprint density at radius 1 is 1.32 bits per heavy atom. The van der Waals surface area contributed by atoms with Gasteiger partial charge in [0.1, 0.15) is 0 Å². The highest BCUT2D eigenvalue weighted by molar-refractivity contribution is 5.87. The number of carboxylic acid groups (broad SMARTS) is 1. The molecule has 2 amide bonds. The monoisotopic (exact) mass is 282 g/mol. The molecule has 1 heterocycles. The van der Waals surface area contributed by atoms with Crippen LogP contribution in [0.5, 0.6) is 0 Å². The Morgan fingerprint density at radius 3 is 2.32 bits per heavy atom. The molecular weight excluding hydrogens is 265 g/mol. The van der Waals surface area contributed by atoms with Gasteiger partial charge in [-0.25, -0.2) is 9.59 Å². The van der Waals surface area contributed by atoms with Crippen LogP contribution in [0.3, 0.4) is 0 Å². The van der Waals surface area contributed by atoms with Gasteiger partial charge in [0.25, 0.3) is 0 Å². The quantitative estimate of drug-likeness (QED) is 0.813. The van der Waals surface area contributed by atoms with Crippen molar-refractivity contribution in [2.24, 2.45) is 0 Å². The van der Waals surface area contributed by atoms with Gasteiger partial charge in [-0.15, -0.1) is 0 Å². The van der Waals surface area contributed by atoms with Crippen molar-refractivity contribution >= 4 is 12.0 Å². The summed E-state index contributed by atoms with van der Waals surface area (Å²) in [6, 6.07) is -1.19. The third-order valence-electron chi connectivity index (χ3n) is 3.42. The van der Waals surface area contributed by atoms with Gasteiger partial charge in [-0.3, -0.25) is 0 Å². The van der Waals surface area contributed by atoms with Crippen molar-refractivity contribution in [3.8, 4) is 0 Å². The summed E-state index contributed by atoms with van der Waals surface area (Å²) >= 11 is 0. The summed E-state index contributed by atoms with van der Waals surface area (Å²) in [5.41, 5.74) is -3.28. The van der Waals surface area contributed by atoms with Crippen molar-refractivity contribution in [3.63, 3.8) is 0 Å². The van der Waals surface area contributed by atoms with Gasteiger partial charge in [-0.05, 0) is 33.1 Å². The molecule has 0 saturated carbocycles. The SMILES string of the molecule is CC1CCCCN1C(=O)NC(C)(C(=O)O)C(F)(F)F. The maximum Gasteiger partial charge on any atom is 0.422 e. The van der Waals surface area contributed by atoms with Crippen LogP contribution in [-0.4, -0.2) is 46.3 Å². The van der Waals surface area contributed by atoms with E-state index in [9.17, 15) is 22.8 Å². The highest BCUT2D eigenvalue weighted by atomic mass is 19.4. The standard InChI is InChI=1S/C11H17F3N2O3/c1-7-5-3-4-6-16(7)9(19)15-10(2,8(17)18)11(12,13)14/h7H,3-6H2,1-2H3,(H,15,19)(H,17,18). The number of hydrogen-bond acceptors (Lipinski definition) is 2. The van der Waals surface area contributed by atoms with E-state index in [1.807, 2.05) is 0 Å². The first kappa shape index (κ1) is 15.6. The lowest BCUT2D eigenvalue weighted by atomic mass is 10.0. The van der Waals surface area contributed by atoms with Crippen LogP contribution >= 0.6 is 0 Å². The van der Waals surface area contributed by atoms with E-state index in [0.717, 1.165) is 6.42 Å². The van der Waals surface area contributed by atoms with E-state index in [2.05, 4.69) is 0 Å². The molecule has 2 atom stereocenters. The van der Waals surface area contributed by atoms with Crippen LogP contribution in [-0.2, 0) is 4.79 Å². The van der Waals surface area contributed by atoms with Crippen LogP contribution < -0.4 is 5.32 Å². The molecule has 0 radical (unpaired) electrons. The summed E-state index contributed by atoms with van der Waals surface area (Å²) in [6.45, 7) is 2.51. The van der Waals surface area contributed by atoms with Gasteiger partial charge in [0, 0.05) is 12.6 Å². The van der Waals surface area contributed by atoms with Crippen molar-refractivity contribution < 1.29 is 27.9 Å². The van der Waals surface area contributed by atoms with Crippen molar-refractivity contribution in [1.29, 1.82) is 0 Å². The first-order valence-corrected chi connectivity index (χ1v) is 5.98. The second-order valence-electron chi connectivity index (χ2n) is 4.90. The first-order valence-electron chi connectivity index (χ1n) is 5.98. The van der Waals surface area contributed by atoms with Crippen molar-refractivity contribution in [1.82, 2.24) is 10.2 Å². The minimum Gasteiger partial charge on any atom is -0.479 e. The molecule has 5 nitrogen and oxygen atoms in total. The molecule has 1 aliphatic heterocycles. The summed E-state index contributed by atoms with van der Waals surface area (Å²) < 4.78 is 38.3. The Labute approximate surface area is 108 Å². The van der Waals surface area contributed by atoms with Gasteiger partial charge in [-0.2, -0.15) is 13.2 Å². The third kappa shape index (κ3) is 3.10. The number of carbonyl (C=O) groups excluding carboxylic acids is 1. The number of likely N-dealkylation sites (tertiary alicyclic amines) is 1. The minimum absolute atomic E-state index is 0.194. The highest BCUT2D eigenvalue weighted by Gasteiger charge is 2.59. The number of urea groups is 1. The number of alkyl halides is 3. The first-order chi connectivity index (χ1) is 8.59. The molecule has 0 aromatic rings. The fourth-order valence-corrected chi connectivity index (χ4v) is 1.93. The normalized spacial score (nSPS) is 23.6. The molecule has 1 fully saturated rings. The lowest BCUT2D eigenvalue weighted by molar-refractivity contribution is -0.203. The van der Waals surface area contributed by atoms with Gasteiger partial charge in [0.15, 0.2) is 0 Å². The molecule has 2 unspecified atom stereocenters. The van der Waals surface area contributed by atoms with E-state index in [4.69, 9.17) is 5.11 Å². The Hall–Kier alpha value is -1.47. The number of rotatable bonds is 2. The van der Waals surface area contributed by atoms with E-state index in [1.54, 1.807) is 12.2 Å². The van der Waals surface area contributed by atoms with E-state index in [1.165, 1.54) is 4.90 Å². The molecule has 0 aliphatic carbocycles. The molecule has 1 aliphatic rings. The molecule has 1 rings (SSSR count). The summed E-state index contributed by atoms with van der Waals surface area (Å²) in [6.07, 6.45) is -2.76. The van der Waals surface area contributed by atoms with E-state index in [0.29, 0.717) is 26.3 Å². The molecule has 0 aromatic heterocycles. The smallest absolute Gasteiger partial charge is 0.422 e. The fraction of sp³-hybridized carbons (Fsp3) is 0.818. The van der Waals surface area contributed by atoms with Crippen LogP contribution in [0, 0.1) is 0 Å². The number of hydrogen-bond donors (Lipinski definition) is 2. The molecule has 8 heteroatoms. The van der Waals surface area contributed by atoms with Gasteiger partial charge in [-0.1, -0.05) is 0 Å². The average Bonchev–Trinajstić information content (AvgIpc) is 2.27. The lowest BCUT2D eigenvalue weighted by Crippen LogP contribution is -2.65. The molecule has 2 N–H and O–H groups in total. The summed E-state index contributed by atoms with van der Waals surface area (Å²) in [5.74, 6) is -2.13. The minimum atomic E-state index is -5.06. The fourth-order valence-electron chi connectivity index (χ4n) is 1.93. The predicted molar refractivity (Wildman–Crippen MR) is 60.6 cm³/mol. The molecule has 0 bridgehead atoms. The summed E-state index contributed by atoms with van der Waals surface area (Å²) in [4.78, 5) is 23.9. The van der Waals surface area contributed by atoms with Gasteiger partial charge < -0.3 is 15.3 Å². The number of amides is 2. The van der Waals surface area contributed by atoms with Crippen LogP contribution in [0.1, 0.15) is 33.1 Å². The van der Waals surface area contributed by atoms with Crippen molar-refractivity contribution in [2.45, 2.75) is 50.9 Å². The van der Waals surface area contributed by atoms with Crippen LogP contribution in [0.25, 0.3) is 0 Å². The zero-order valence-electron chi connectivity index (χ0n) is 10.8. The maximum atomic E-state index is 12.8. The maximum absolute atomic E-state index is 12.8. The molecule has 1 saturated heterocycles. The number of halogens is 3. The number of piperidine rings is 1. The third-order valence-corrected chi connectivity index (χ3v) is 3.42. The second kappa shape index (κ2) is 5.26. The zero-order valence-corrected chi connectivity index (χ0v) is 10.8. The zero-order chi connectivity index (χ0) is 14.8. The van der Waals surface area contributed by atoms with Gasteiger partial charge in [0.05, 0.1) is 0 Å². The lowest BCUT2D eigenvalue weighted by Gasteiger charge is -2.37. The van der Waals surface area contributed by atoms with E-state index >= 15 is 0 Å². The van der Waals surface area contributed by atoms with Crippen LogP contribution in [0.2, 0.25) is 0 Å². The Kier molecular flexibility index (Phi) is 4.32. The number of nitrogens with one attached hydrogen (secondary N) is 1. The van der Waals surface area contributed by atoms with Crippen molar-refractivity contribution in [3.05, 3.63) is 0 Å². The second-order valence-corrected chi connectivity index (χ2v) is 4.90. The molecule has 110 valence electrons. The van der Waals surface area contributed by atoms with E-state index < -0.39 is 23.7 Å². The van der Waals surface area contributed by atoms with Gasteiger partial charge >= 0.3 is 18.2 Å². The molecule has 19 heavy (non-hydrogen) atoms. The predicted octanol–water partition coefficient (Wildman–Crippen LogP) is 1.98. The van der Waals surface area contributed by atoms with Crippen LogP contribution in [0.4, 0.5) is 18.0 Å². The van der Waals surface area contributed by atoms with E-state index in [-0.39, 0.29) is 6.04 Å². The van der Waals surface area contributed by atoms with Crippen LogP contribution in [0.15, 0.2) is 0 Å².